The minimum absolute atomic E-state index is 0.0521. The van der Waals surface area contributed by atoms with Crippen LogP contribution < -0.4 is 0 Å². The highest BCUT2D eigenvalue weighted by Crippen LogP contribution is 2.15. The van der Waals surface area contributed by atoms with Crippen molar-refractivity contribution >= 4 is 23.9 Å². The monoisotopic (exact) mass is 502 g/mol. The smallest absolute Gasteiger partial charge is 0.305 e. The number of ether oxygens (including phenoxy) is 4. The third kappa shape index (κ3) is 26.3. The normalized spacial score (nSPS) is 11.9. The Morgan fingerprint density at radius 2 is 1.00 bits per heavy atom. The number of methoxy groups -OCH3 is 1. The average Bonchev–Trinajstić information content (AvgIpc) is 2.79. The van der Waals surface area contributed by atoms with E-state index >= 15 is 0 Å². The van der Waals surface area contributed by atoms with Crippen LogP contribution in [0.1, 0.15) is 125 Å². The lowest BCUT2D eigenvalue weighted by Crippen LogP contribution is -2.17. The van der Waals surface area contributed by atoms with E-state index in [9.17, 15) is 19.2 Å². The first kappa shape index (κ1) is 35.0. The number of esters is 4. The van der Waals surface area contributed by atoms with Crippen LogP contribution in [0.5, 0.6) is 0 Å². The Morgan fingerprint density at radius 1 is 0.600 bits per heavy atom. The van der Waals surface area contributed by atoms with Crippen LogP contribution in [0.3, 0.4) is 0 Å². The first-order chi connectivity index (χ1) is 16.7. The van der Waals surface area contributed by atoms with Gasteiger partial charge in [-0.1, -0.05) is 39.5 Å². The standard InChI is InChI=1S/C14H26O4.C13H24O4/c1-4-6-7-9-13(18-12(3)15)10-8-11-14(16)17-5-2;1-4-5-6-8-12(17-11(2)14)9-7-10-13(15)16-3/h13H,4-11H2,1-3H3;12H,4-10H2,1-3H3. The van der Waals surface area contributed by atoms with Crippen molar-refractivity contribution in [2.45, 2.75) is 137 Å². The molecule has 2 atom stereocenters. The Morgan fingerprint density at radius 3 is 1.34 bits per heavy atom. The molecule has 0 aliphatic heterocycles. The van der Waals surface area contributed by atoms with E-state index in [0.29, 0.717) is 32.3 Å². The van der Waals surface area contributed by atoms with E-state index in [1.165, 1.54) is 21.0 Å². The molecule has 0 aliphatic rings. The van der Waals surface area contributed by atoms with Crippen LogP contribution in [0, 0.1) is 0 Å². The largest absolute Gasteiger partial charge is 0.469 e. The average molecular weight is 503 g/mol. The van der Waals surface area contributed by atoms with Gasteiger partial charge in [-0.2, -0.15) is 0 Å². The lowest BCUT2D eigenvalue weighted by Gasteiger charge is -2.16. The molecule has 0 aliphatic carbocycles. The van der Waals surface area contributed by atoms with Gasteiger partial charge >= 0.3 is 23.9 Å². The fraction of sp³-hybridized carbons (Fsp3) is 0.852. The van der Waals surface area contributed by atoms with Gasteiger partial charge in [-0.15, -0.1) is 0 Å². The van der Waals surface area contributed by atoms with Gasteiger partial charge in [-0.3, -0.25) is 19.2 Å². The fourth-order valence-electron chi connectivity index (χ4n) is 3.52. The van der Waals surface area contributed by atoms with Gasteiger partial charge in [-0.05, 0) is 58.3 Å². The lowest BCUT2D eigenvalue weighted by atomic mass is 10.1. The molecule has 0 N–H and O–H groups in total. The van der Waals surface area contributed by atoms with Gasteiger partial charge in [0.05, 0.1) is 13.7 Å². The van der Waals surface area contributed by atoms with E-state index in [4.69, 9.17) is 14.2 Å². The Bertz CT molecular complexity index is 561. The molecule has 206 valence electrons. The highest BCUT2D eigenvalue weighted by molar-refractivity contribution is 5.69. The molecule has 35 heavy (non-hydrogen) atoms. The van der Waals surface area contributed by atoms with E-state index in [-0.39, 0.29) is 36.1 Å². The molecular weight excluding hydrogens is 452 g/mol. The molecule has 0 rings (SSSR count). The zero-order chi connectivity index (χ0) is 26.9. The van der Waals surface area contributed by atoms with E-state index in [2.05, 4.69) is 18.6 Å². The van der Waals surface area contributed by atoms with Crippen molar-refractivity contribution in [3.63, 3.8) is 0 Å². The summed E-state index contributed by atoms with van der Waals surface area (Å²) in [6, 6.07) is 0. The Balaban J connectivity index is 0. The number of hydrogen-bond acceptors (Lipinski definition) is 8. The molecule has 0 spiro atoms. The highest BCUT2D eigenvalue weighted by atomic mass is 16.5. The van der Waals surface area contributed by atoms with Gasteiger partial charge in [0, 0.05) is 26.7 Å². The van der Waals surface area contributed by atoms with Gasteiger partial charge < -0.3 is 18.9 Å². The van der Waals surface area contributed by atoms with Crippen LogP contribution in [0.2, 0.25) is 0 Å². The van der Waals surface area contributed by atoms with Crippen molar-refractivity contribution in [3.8, 4) is 0 Å². The van der Waals surface area contributed by atoms with Gasteiger partial charge in [0.2, 0.25) is 0 Å². The topological polar surface area (TPSA) is 105 Å². The molecule has 0 aromatic carbocycles. The summed E-state index contributed by atoms with van der Waals surface area (Å²) >= 11 is 0. The predicted molar refractivity (Wildman–Crippen MR) is 136 cm³/mol. The maximum Gasteiger partial charge on any atom is 0.305 e. The molecular formula is C27H50O8. The summed E-state index contributed by atoms with van der Waals surface area (Å²) in [6.45, 7) is 9.35. The second-order valence-electron chi connectivity index (χ2n) is 8.62. The minimum Gasteiger partial charge on any atom is -0.469 e. The number of hydrogen-bond donors (Lipinski definition) is 0. The van der Waals surface area contributed by atoms with Crippen molar-refractivity contribution in [1.29, 1.82) is 0 Å². The van der Waals surface area contributed by atoms with Gasteiger partial charge in [0.15, 0.2) is 0 Å². The number of carbonyl (C=O) groups excluding carboxylic acids is 4. The number of carbonyl (C=O) groups is 4. The van der Waals surface area contributed by atoms with E-state index < -0.39 is 0 Å². The molecule has 0 heterocycles. The summed E-state index contributed by atoms with van der Waals surface area (Å²) in [4.78, 5) is 44.0. The van der Waals surface area contributed by atoms with Crippen molar-refractivity contribution in [1.82, 2.24) is 0 Å². The number of rotatable bonds is 19. The predicted octanol–water partition coefficient (Wildman–Crippen LogP) is 6.07. The van der Waals surface area contributed by atoms with Gasteiger partial charge in [0.1, 0.15) is 12.2 Å². The minimum atomic E-state index is -0.246. The number of unbranched alkanes of at least 4 members (excludes halogenated alkanes) is 4. The molecule has 0 aromatic rings. The van der Waals surface area contributed by atoms with Crippen LogP contribution in [-0.4, -0.2) is 49.8 Å². The van der Waals surface area contributed by atoms with Crippen LogP contribution in [0.15, 0.2) is 0 Å². The molecule has 8 heteroatoms. The van der Waals surface area contributed by atoms with Crippen molar-refractivity contribution in [3.05, 3.63) is 0 Å². The Kier molecular flexibility index (Phi) is 25.0. The molecule has 0 amide bonds. The summed E-state index contributed by atoms with van der Waals surface area (Å²) in [6.07, 6.45) is 12.1. The van der Waals surface area contributed by atoms with Gasteiger partial charge in [-0.25, -0.2) is 0 Å². The van der Waals surface area contributed by atoms with Crippen molar-refractivity contribution < 1.29 is 38.1 Å². The van der Waals surface area contributed by atoms with Gasteiger partial charge in [0.25, 0.3) is 0 Å². The quantitative estimate of drug-likeness (QED) is 0.119. The second kappa shape index (κ2) is 25.0. The summed E-state index contributed by atoms with van der Waals surface area (Å²) < 4.78 is 19.9. The SMILES string of the molecule is CCCCCC(CCCC(=O)OC)OC(C)=O.CCCCCC(CCCC(=O)OCC)OC(C)=O. The zero-order valence-electron chi connectivity index (χ0n) is 23.0. The summed E-state index contributed by atoms with van der Waals surface area (Å²) in [5, 5.41) is 0. The fourth-order valence-corrected chi connectivity index (χ4v) is 3.52. The maximum absolute atomic E-state index is 11.2. The molecule has 0 aromatic heterocycles. The molecule has 8 nitrogen and oxygen atoms in total. The highest BCUT2D eigenvalue weighted by Gasteiger charge is 2.14. The first-order valence-corrected chi connectivity index (χ1v) is 13.3. The molecule has 0 saturated heterocycles. The van der Waals surface area contributed by atoms with Crippen molar-refractivity contribution in [2.24, 2.45) is 0 Å². The first-order valence-electron chi connectivity index (χ1n) is 13.3. The summed E-state index contributed by atoms with van der Waals surface area (Å²) in [7, 11) is 1.38. The molecule has 0 bridgehead atoms. The van der Waals surface area contributed by atoms with Crippen LogP contribution in [0.25, 0.3) is 0 Å². The second-order valence-corrected chi connectivity index (χ2v) is 8.62. The van der Waals surface area contributed by atoms with Crippen molar-refractivity contribution in [2.75, 3.05) is 13.7 Å². The summed E-state index contributed by atoms with van der Waals surface area (Å²) in [5.41, 5.74) is 0. The third-order valence-corrected chi connectivity index (χ3v) is 5.27. The van der Waals surface area contributed by atoms with Crippen LogP contribution in [0.4, 0.5) is 0 Å². The zero-order valence-corrected chi connectivity index (χ0v) is 23.0. The molecule has 0 saturated carbocycles. The van der Waals surface area contributed by atoms with Crippen LogP contribution >= 0.6 is 0 Å². The Labute approximate surface area is 212 Å². The molecule has 0 fully saturated rings. The van der Waals surface area contributed by atoms with E-state index in [1.807, 2.05) is 0 Å². The van der Waals surface area contributed by atoms with E-state index in [0.717, 1.165) is 64.2 Å². The third-order valence-electron chi connectivity index (χ3n) is 5.27. The van der Waals surface area contributed by atoms with E-state index in [1.54, 1.807) is 6.92 Å². The molecule has 2 unspecified atom stereocenters. The van der Waals surface area contributed by atoms with Crippen LogP contribution in [-0.2, 0) is 38.1 Å². The maximum atomic E-state index is 11.2. The molecule has 0 radical (unpaired) electrons. The summed E-state index contributed by atoms with van der Waals surface area (Å²) in [5.74, 6) is -0.870. The lowest BCUT2D eigenvalue weighted by molar-refractivity contribution is -0.148. The Hall–Kier alpha value is -2.12.